The van der Waals surface area contributed by atoms with Gasteiger partial charge in [-0.1, -0.05) is 12.1 Å². The molecule has 2 aliphatic heterocycles. The number of rotatable bonds is 4. The van der Waals surface area contributed by atoms with Gasteiger partial charge in [0.05, 0.1) is 6.10 Å². The van der Waals surface area contributed by atoms with Crippen LogP contribution >= 0.6 is 0 Å². The van der Waals surface area contributed by atoms with Gasteiger partial charge in [0, 0.05) is 51.9 Å². The molecule has 120 valence electrons. The maximum Gasteiger partial charge on any atom is 0.223 e. The highest BCUT2D eigenvalue weighted by Gasteiger charge is 2.23. The highest BCUT2D eigenvalue weighted by atomic mass is 16.3. The van der Waals surface area contributed by atoms with E-state index in [1.54, 1.807) is 6.92 Å². The number of carbonyl (C=O) groups excluding carboxylic acids is 1. The number of nitrogens with zero attached hydrogens (tertiary/aromatic N) is 2. The molecule has 0 saturated carbocycles. The molecular formula is C17H25N3O2. The zero-order chi connectivity index (χ0) is 15.5. The molecule has 22 heavy (non-hydrogen) atoms. The van der Waals surface area contributed by atoms with Crippen LogP contribution in [-0.4, -0.2) is 55.2 Å². The van der Waals surface area contributed by atoms with Crippen LogP contribution in [0.15, 0.2) is 18.2 Å². The van der Waals surface area contributed by atoms with Gasteiger partial charge in [-0.2, -0.15) is 0 Å². The van der Waals surface area contributed by atoms with Crippen LogP contribution in [0.3, 0.4) is 0 Å². The number of hydrogen-bond donors (Lipinski definition) is 2. The van der Waals surface area contributed by atoms with Crippen molar-refractivity contribution >= 4 is 11.6 Å². The van der Waals surface area contributed by atoms with Gasteiger partial charge in [0.15, 0.2) is 0 Å². The van der Waals surface area contributed by atoms with Gasteiger partial charge in [0.2, 0.25) is 5.91 Å². The van der Waals surface area contributed by atoms with Crippen molar-refractivity contribution in [3.05, 3.63) is 29.3 Å². The van der Waals surface area contributed by atoms with Crippen LogP contribution in [0.4, 0.5) is 5.69 Å². The topological polar surface area (TPSA) is 55.8 Å². The summed E-state index contributed by atoms with van der Waals surface area (Å²) < 4.78 is 0. The lowest BCUT2D eigenvalue weighted by Crippen LogP contribution is -2.44. The second kappa shape index (κ2) is 6.77. The van der Waals surface area contributed by atoms with Crippen LogP contribution < -0.4 is 10.2 Å². The Hall–Kier alpha value is -1.43. The standard InChI is InChI=1S/C17H25N3O2/c1-13(21)20-9-4-14-12-15(2-3-16(14)20)17(22)5-8-19-10-6-18-7-11-19/h2-3,12,17-18,22H,4-11H2,1H3. The fraction of sp³-hybridized carbons (Fsp3) is 0.588. The summed E-state index contributed by atoms with van der Waals surface area (Å²) in [5.41, 5.74) is 3.15. The van der Waals surface area contributed by atoms with Gasteiger partial charge < -0.3 is 20.2 Å². The maximum absolute atomic E-state index is 11.6. The molecule has 1 unspecified atom stereocenters. The number of benzene rings is 1. The lowest BCUT2D eigenvalue weighted by Gasteiger charge is -2.28. The first-order valence-electron chi connectivity index (χ1n) is 8.17. The van der Waals surface area contributed by atoms with Crippen molar-refractivity contribution in [2.24, 2.45) is 0 Å². The molecule has 5 nitrogen and oxygen atoms in total. The normalized spacial score (nSPS) is 20.0. The zero-order valence-electron chi connectivity index (χ0n) is 13.2. The minimum atomic E-state index is -0.424. The summed E-state index contributed by atoms with van der Waals surface area (Å²) in [5, 5.41) is 13.8. The molecule has 5 heteroatoms. The first-order valence-corrected chi connectivity index (χ1v) is 8.17. The minimum Gasteiger partial charge on any atom is -0.388 e. The molecule has 0 aromatic heterocycles. The van der Waals surface area contributed by atoms with Gasteiger partial charge >= 0.3 is 0 Å². The van der Waals surface area contributed by atoms with Gasteiger partial charge in [0.25, 0.3) is 0 Å². The molecule has 2 aliphatic rings. The Balaban J connectivity index is 1.61. The van der Waals surface area contributed by atoms with E-state index < -0.39 is 6.10 Å². The molecule has 1 aromatic carbocycles. The van der Waals surface area contributed by atoms with Gasteiger partial charge in [-0.15, -0.1) is 0 Å². The van der Waals surface area contributed by atoms with E-state index in [0.717, 1.165) is 63.4 Å². The monoisotopic (exact) mass is 303 g/mol. The smallest absolute Gasteiger partial charge is 0.223 e. The Bertz CT molecular complexity index is 541. The SMILES string of the molecule is CC(=O)N1CCc2cc(C(O)CCN3CCNCC3)ccc21. The lowest BCUT2D eigenvalue weighted by molar-refractivity contribution is -0.116. The van der Waals surface area contributed by atoms with Crippen LogP contribution in [0.1, 0.15) is 30.6 Å². The molecule has 1 saturated heterocycles. The average Bonchev–Trinajstić information content (AvgIpc) is 2.97. The number of aliphatic hydroxyl groups is 1. The molecule has 1 atom stereocenters. The Labute approximate surface area is 131 Å². The molecule has 0 radical (unpaired) electrons. The van der Waals surface area contributed by atoms with Crippen LogP contribution in [-0.2, 0) is 11.2 Å². The summed E-state index contributed by atoms with van der Waals surface area (Å²) in [6, 6.07) is 6.01. The van der Waals surface area contributed by atoms with Crippen molar-refractivity contribution in [1.82, 2.24) is 10.2 Å². The van der Waals surface area contributed by atoms with Gasteiger partial charge in [-0.3, -0.25) is 4.79 Å². The molecule has 2 N–H and O–H groups in total. The van der Waals surface area contributed by atoms with Crippen molar-refractivity contribution in [1.29, 1.82) is 0 Å². The second-order valence-corrected chi connectivity index (χ2v) is 6.20. The predicted molar refractivity (Wildman–Crippen MR) is 87.1 cm³/mol. The molecule has 3 rings (SSSR count). The summed E-state index contributed by atoms with van der Waals surface area (Å²) in [6.07, 6.45) is 1.22. The molecule has 1 amide bonds. The molecule has 2 heterocycles. The van der Waals surface area contributed by atoms with E-state index in [1.165, 1.54) is 5.56 Å². The Kier molecular flexibility index (Phi) is 4.76. The summed E-state index contributed by atoms with van der Waals surface area (Å²) in [4.78, 5) is 15.8. The molecule has 1 aromatic rings. The number of aliphatic hydroxyl groups excluding tert-OH is 1. The van der Waals surface area contributed by atoms with E-state index in [-0.39, 0.29) is 5.91 Å². The fourth-order valence-electron chi connectivity index (χ4n) is 3.36. The summed E-state index contributed by atoms with van der Waals surface area (Å²) in [5.74, 6) is 0.0887. The largest absolute Gasteiger partial charge is 0.388 e. The number of carbonyl (C=O) groups is 1. The Morgan fingerprint density at radius 3 is 2.82 bits per heavy atom. The van der Waals surface area contributed by atoms with Crippen LogP contribution in [0, 0.1) is 0 Å². The molecule has 1 fully saturated rings. The molecule has 0 spiro atoms. The number of anilines is 1. The van der Waals surface area contributed by atoms with E-state index in [0.29, 0.717) is 0 Å². The van der Waals surface area contributed by atoms with E-state index in [4.69, 9.17) is 0 Å². The van der Waals surface area contributed by atoms with Crippen molar-refractivity contribution in [2.45, 2.75) is 25.9 Å². The molecule has 0 aliphatic carbocycles. The van der Waals surface area contributed by atoms with Crippen molar-refractivity contribution < 1.29 is 9.90 Å². The molecular weight excluding hydrogens is 278 g/mol. The Morgan fingerprint density at radius 1 is 1.32 bits per heavy atom. The number of piperazine rings is 1. The van der Waals surface area contributed by atoms with Crippen LogP contribution in [0.5, 0.6) is 0 Å². The van der Waals surface area contributed by atoms with E-state index in [2.05, 4.69) is 16.3 Å². The van der Waals surface area contributed by atoms with Crippen molar-refractivity contribution in [3.8, 4) is 0 Å². The maximum atomic E-state index is 11.6. The number of fused-ring (bicyclic) bond motifs is 1. The summed E-state index contributed by atoms with van der Waals surface area (Å²) in [6.45, 7) is 7.48. The third-order valence-corrected chi connectivity index (χ3v) is 4.69. The summed E-state index contributed by atoms with van der Waals surface area (Å²) >= 11 is 0. The quantitative estimate of drug-likeness (QED) is 0.869. The van der Waals surface area contributed by atoms with Crippen LogP contribution in [0.2, 0.25) is 0 Å². The van der Waals surface area contributed by atoms with E-state index >= 15 is 0 Å². The third-order valence-electron chi connectivity index (χ3n) is 4.69. The number of nitrogens with one attached hydrogen (secondary N) is 1. The van der Waals surface area contributed by atoms with E-state index in [9.17, 15) is 9.90 Å². The predicted octanol–water partition coefficient (Wildman–Crippen LogP) is 0.924. The highest BCUT2D eigenvalue weighted by Crippen LogP contribution is 2.31. The van der Waals surface area contributed by atoms with E-state index in [1.807, 2.05) is 17.0 Å². The fourth-order valence-corrected chi connectivity index (χ4v) is 3.36. The number of hydrogen-bond acceptors (Lipinski definition) is 4. The first kappa shape index (κ1) is 15.5. The van der Waals surface area contributed by atoms with Gasteiger partial charge in [-0.05, 0) is 30.0 Å². The van der Waals surface area contributed by atoms with Crippen LogP contribution in [0.25, 0.3) is 0 Å². The van der Waals surface area contributed by atoms with Gasteiger partial charge in [-0.25, -0.2) is 0 Å². The van der Waals surface area contributed by atoms with Crippen molar-refractivity contribution in [3.63, 3.8) is 0 Å². The summed E-state index contributed by atoms with van der Waals surface area (Å²) in [7, 11) is 0. The minimum absolute atomic E-state index is 0.0887. The first-order chi connectivity index (χ1) is 10.6. The molecule has 0 bridgehead atoms. The second-order valence-electron chi connectivity index (χ2n) is 6.20. The lowest BCUT2D eigenvalue weighted by atomic mass is 10.0. The number of amides is 1. The Morgan fingerprint density at radius 2 is 2.09 bits per heavy atom. The van der Waals surface area contributed by atoms with Crippen molar-refractivity contribution in [2.75, 3.05) is 44.2 Å². The third kappa shape index (κ3) is 3.32. The highest BCUT2D eigenvalue weighted by molar-refractivity contribution is 5.93. The zero-order valence-corrected chi connectivity index (χ0v) is 13.2. The van der Waals surface area contributed by atoms with Gasteiger partial charge in [0.1, 0.15) is 0 Å². The average molecular weight is 303 g/mol.